The predicted molar refractivity (Wildman–Crippen MR) is 66.7 cm³/mol. The lowest BCUT2D eigenvalue weighted by atomic mass is 10.2. The van der Waals surface area contributed by atoms with E-state index in [9.17, 15) is 13.2 Å². The van der Waals surface area contributed by atoms with Gasteiger partial charge in [0.25, 0.3) is 0 Å². The minimum atomic E-state index is -4.41. The maximum atomic E-state index is 12.7. The van der Waals surface area contributed by atoms with E-state index in [0.717, 1.165) is 6.07 Å². The molecule has 2 rings (SSSR count). The Labute approximate surface area is 117 Å². The van der Waals surface area contributed by atoms with Crippen LogP contribution in [0.3, 0.4) is 0 Å². The first-order valence-electron chi connectivity index (χ1n) is 4.76. The Balaban J connectivity index is 2.47. The van der Waals surface area contributed by atoms with Crippen LogP contribution in [0, 0.1) is 0 Å². The normalized spacial score (nSPS) is 11.8. The van der Waals surface area contributed by atoms with Gasteiger partial charge in [-0.25, -0.2) is 4.68 Å². The Morgan fingerprint density at radius 2 is 2.00 bits per heavy atom. The van der Waals surface area contributed by atoms with E-state index in [1.165, 1.54) is 16.8 Å². The second kappa shape index (κ2) is 5.00. The summed E-state index contributed by atoms with van der Waals surface area (Å²) in [5.41, 5.74) is 0.215. The molecule has 0 bridgehead atoms. The van der Waals surface area contributed by atoms with Crippen molar-refractivity contribution in [3.8, 4) is 5.69 Å². The van der Waals surface area contributed by atoms with E-state index in [4.69, 9.17) is 0 Å². The predicted octanol–water partition coefficient (Wildman–Crippen LogP) is 3.94. The lowest BCUT2D eigenvalue weighted by Gasteiger charge is -2.10. The Bertz CT molecular complexity index is 566. The van der Waals surface area contributed by atoms with E-state index in [1.54, 1.807) is 6.20 Å². The van der Waals surface area contributed by atoms with Gasteiger partial charge in [0, 0.05) is 9.80 Å². The van der Waals surface area contributed by atoms with Crippen molar-refractivity contribution in [1.29, 1.82) is 0 Å². The average molecular weight is 385 g/mol. The van der Waals surface area contributed by atoms with Gasteiger partial charge in [0.2, 0.25) is 0 Å². The van der Waals surface area contributed by atoms with Crippen molar-refractivity contribution in [2.24, 2.45) is 0 Å². The highest BCUT2D eigenvalue weighted by Gasteiger charge is 2.33. The van der Waals surface area contributed by atoms with Crippen molar-refractivity contribution in [2.45, 2.75) is 11.5 Å². The van der Waals surface area contributed by atoms with Gasteiger partial charge in [-0.05, 0) is 18.2 Å². The molecule has 0 aliphatic rings. The lowest BCUT2D eigenvalue weighted by Crippen LogP contribution is -2.07. The van der Waals surface area contributed by atoms with Crippen LogP contribution in [0.1, 0.15) is 11.3 Å². The minimum absolute atomic E-state index is 0.000389. The van der Waals surface area contributed by atoms with Crippen LogP contribution in [0.15, 0.2) is 28.9 Å². The summed E-state index contributed by atoms with van der Waals surface area (Å²) in [6.07, 6.45) is -2.84. The van der Waals surface area contributed by atoms with Crippen LogP contribution in [0.4, 0.5) is 13.2 Å². The Kier molecular flexibility index (Phi) is 3.76. The molecule has 0 N–H and O–H groups in total. The zero-order valence-electron chi connectivity index (χ0n) is 8.75. The van der Waals surface area contributed by atoms with Crippen LogP contribution in [0.2, 0.25) is 0 Å². The van der Waals surface area contributed by atoms with Crippen molar-refractivity contribution in [3.63, 3.8) is 0 Å². The van der Waals surface area contributed by atoms with Gasteiger partial charge in [-0.3, -0.25) is 0 Å². The fraction of sp³-hybridized carbons (Fsp3) is 0.200. The molecular formula is C10H6Br2F3N3. The smallest absolute Gasteiger partial charge is 0.220 e. The molecule has 0 aliphatic carbocycles. The van der Waals surface area contributed by atoms with Gasteiger partial charge in [-0.1, -0.05) is 37.1 Å². The van der Waals surface area contributed by atoms with Crippen molar-refractivity contribution >= 4 is 31.9 Å². The molecule has 0 saturated carbocycles. The second-order valence-corrected chi connectivity index (χ2v) is 4.87. The van der Waals surface area contributed by atoms with Crippen LogP contribution in [-0.2, 0) is 11.5 Å². The SMILES string of the molecule is FC(F)(F)c1cc(-n2cc(CBr)nn2)ccc1Br. The lowest BCUT2D eigenvalue weighted by molar-refractivity contribution is -0.138. The number of nitrogens with zero attached hydrogens (tertiary/aromatic N) is 3. The first-order chi connectivity index (χ1) is 8.41. The van der Waals surface area contributed by atoms with Crippen molar-refractivity contribution in [2.75, 3.05) is 0 Å². The first-order valence-corrected chi connectivity index (χ1v) is 6.67. The summed E-state index contributed by atoms with van der Waals surface area (Å²) in [5.74, 6) is 0. The van der Waals surface area contributed by atoms with E-state index in [-0.39, 0.29) is 4.47 Å². The minimum Gasteiger partial charge on any atom is -0.220 e. The molecule has 1 aromatic heterocycles. The van der Waals surface area contributed by atoms with Crippen LogP contribution in [0.25, 0.3) is 5.69 Å². The molecule has 0 unspecified atom stereocenters. The Morgan fingerprint density at radius 3 is 2.56 bits per heavy atom. The molecule has 2 aromatic rings. The molecule has 0 fully saturated rings. The van der Waals surface area contributed by atoms with E-state index in [1.807, 2.05) is 0 Å². The molecule has 1 aromatic carbocycles. The molecule has 96 valence electrons. The van der Waals surface area contributed by atoms with Gasteiger partial charge in [0.1, 0.15) is 0 Å². The first kappa shape index (κ1) is 13.5. The number of halogens is 5. The number of alkyl halides is 4. The zero-order chi connectivity index (χ0) is 13.3. The molecule has 0 radical (unpaired) electrons. The third kappa shape index (κ3) is 2.74. The van der Waals surface area contributed by atoms with Gasteiger partial charge in [-0.15, -0.1) is 5.10 Å². The number of rotatable bonds is 2. The summed E-state index contributed by atoms with van der Waals surface area (Å²) < 4.78 is 39.5. The molecule has 1 heterocycles. The molecule has 18 heavy (non-hydrogen) atoms. The van der Waals surface area contributed by atoms with Crippen molar-refractivity contribution in [3.05, 3.63) is 40.1 Å². The Morgan fingerprint density at radius 1 is 1.28 bits per heavy atom. The third-order valence-corrected chi connectivity index (χ3v) is 3.46. The fourth-order valence-electron chi connectivity index (χ4n) is 1.36. The van der Waals surface area contributed by atoms with Crippen LogP contribution < -0.4 is 0 Å². The highest BCUT2D eigenvalue weighted by Crippen LogP contribution is 2.35. The third-order valence-electron chi connectivity index (χ3n) is 2.20. The quantitative estimate of drug-likeness (QED) is 0.734. The molecule has 0 aliphatic heterocycles. The second-order valence-electron chi connectivity index (χ2n) is 3.45. The van der Waals surface area contributed by atoms with Crippen LogP contribution in [0.5, 0.6) is 0 Å². The van der Waals surface area contributed by atoms with E-state index >= 15 is 0 Å². The highest BCUT2D eigenvalue weighted by molar-refractivity contribution is 9.10. The summed E-state index contributed by atoms with van der Waals surface area (Å²) in [6, 6.07) is 3.90. The summed E-state index contributed by atoms with van der Waals surface area (Å²) in [7, 11) is 0. The van der Waals surface area contributed by atoms with Crippen LogP contribution >= 0.6 is 31.9 Å². The van der Waals surface area contributed by atoms with Crippen molar-refractivity contribution in [1.82, 2.24) is 15.0 Å². The zero-order valence-corrected chi connectivity index (χ0v) is 11.9. The van der Waals surface area contributed by atoms with Gasteiger partial charge >= 0.3 is 6.18 Å². The number of aromatic nitrogens is 3. The maximum Gasteiger partial charge on any atom is 0.417 e. The summed E-state index contributed by atoms with van der Waals surface area (Å²) in [4.78, 5) is 0. The van der Waals surface area contributed by atoms with Gasteiger partial charge in [-0.2, -0.15) is 13.2 Å². The molecule has 0 atom stereocenters. The summed E-state index contributed by atoms with van der Waals surface area (Å²) in [5, 5.41) is 8.06. The van der Waals surface area contributed by atoms with Crippen LogP contribution in [-0.4, -0.2) is 15.0 Å². The molecule has 3 nitrogen and oxygen atoms in total. The monoisotopic (exact) mass is 383 g/mol. The molecule has 0 amide bonds. The van der Waals surface area contributed by atoms with Gasteiger partial charge in [0.15, 0.2) is 0 Å². The van der Waals surface area contributed by atoms with Crippen molar-refractivity contribution < 1.29 is 13.2 Å². The summed E-state index contributed by atoms with van der Waals surface area (Å²) >= 11 is 6.08. The number of benzene rings is 1. The van der Waals surface area contributed by atoms with Gasteiger partial charge < -0.3 is 0 Å². The molecular weight excluding hydrogens is 379 g/mol. The average Bonchev–Trinajstić information content (AvgIpc) is 2.76. The number of hydrogen-bond acceptors (Lipinski definition) is 2. The maximum absolute atomic E-state index is 12.7. The highest BCUT2D eigenvalue weighted by atomic mass is 79.9. The molecule has 0 saturated heterocycles. The number of hydrogen-bond donors (Lipinski definition) is 0. The standard InChI is InChI=1S/C10H6Br2F3N3/c11-4-6-5-18(17-16-6)7-1-2-9(12)8(3-7)10(13,14)15/h1-3,5H,4H2. The summed E-state index contributed by atoms with van der Waals surface area (Å²) in [6.45, 7) is 0. The fourth-order valence-corrected chi connectivity index (χ4v) is 2.09. The Hall–Kier alpha value is -0.890. The molecule has 8 heteroatoms. The topological polar surface area (TPSA) is 30.7 Å². The van der Waals surface area contributed by atoms with E-state index in [2.05, 4.69) is 42.2 Å². The van der Waals surface area contributed by atoms with E-state index in [0.29, 0.717) is 16.7 Å². The van der Waals surface area contributed by atoms with E-state index < -0.39 is 11.7 Å². The van der Waals surface area contributed by atoms with Gasteiger partial charge in [0.05, 0.1) is 23.1 Å². The molecule has 0 spiro atoms. The largest absolute Gasteiger partial charge is 0.417 e.